The summed E-state index contributed by atoms with van der Waals surface area (Å²) in [7, 11) is 0. The van der Waals surface area contributed by atoms with Gasteiger partial charge in [0.15, 0.2) is 5.69 Å². The zero-order valence-electron chi connectivity index (χ0n) is 3.51. The van der Waals surface area contributed by atoms with Gasteiger partial charge in [-0.25, -0.2) is 0 Å². The van der Waals surface area contributed by atoms with Gasteiger partial charge in [-0.15, -0.1) is 5.10 Å². The molecule has 1 aromatic rings. The van der Waals surface area contributed by atoms with Crippen LogP contribution < -0.4 is 4.74 Å². The minimum Gasteiger partial charge on any atom is -0.468 e. The highest BCUT2D eigenvalue weighted by atomic mass is 16.5. The Morgan fingerprint density at radius 1 is 1.57 bits per heavy atom. The van der Waals surface area contributed by atoms with Crippen molar-refractivity contribution in [3.8, 4) is 5.88 Å². The number of nitrogens with zero attached hydrogens (tertiary/aromatic N) is 2. The Morgan fingerprint density at radius 2 is 2.57 bits per heavy atom. The van der Waals surface area contributed by atoms with Crippen molar-refractivity contribution in [1.29, 1.82) is 0 Å². The molecule has 7 heavy (non-hydrogen) atoms. The molecule has 0 bridgehead atoms. The van der Waals surface area contributed by atoms with E-state index in [4.69, 9.17) is 4.74 Å². The zero-order valence-corrected chi connectivity index (χ0v) is 3.51. The standard InChI is InChI=1S/C3H3N3O/c1-2-3(7-1)5-6-4-2/h1H2,(H,4,5,6). The summed E-state index contributed by atoms with van der Waals surface area (Å²) < 4.78 is 4.81. The van der Waals surface area contributed by atoms with Crippen molar-refractivity contribution in [3.63, 3.8) is 0 Å². The summed E-state index contributed by atoms with van der Waals surface area (Å²) in [6, 6.07) is 0. The van der Waals surface area contributed by atoms with Crippen LogP contribution in [0.2, 0.25) is 0 Å². The second kappa shape index (κ2) is 0.776. The minimum absolute atomic E-state index is 0.617. The van der Waals surface area contributed by atoms with E-state index in [0.717, 1.165) is 5.69 Å². The first-order valence-corrected chi connectivity index (χ1v) is 1.99. The van der Waals surface area contributed by atoms with Gasteiger partial charge in [-0.3, -0.25) is 0 Å². The minimum atomic E-state index is 0.617. The van der Waals surface area contributed by atoms with Crippen LogP contribution in [0.1, 0.15) is 5.69 Å². The molecule has 1 aliphatic heterocycles. The van der Waals surface area contributed by atoms with Crippen LogP contribution in [0.25, 0.3) is 0 Å². The van der Waals surface area contributed by atoms with E-state index in [1.165, 1.54) is 0 Å². The molecular weight excluding hydrogens is 94.1 g/mol. The van der Waals surface area contributed by atoms with E-state index in [-0.39, 0.29) is 0 Å². The lowest BCUT2D eigenvalue weighted by molar-refractivity contribution is 0.228. The van der Waals surface area contributed by atoms with Crippen LogP contribution in [0.15, 0.2) is 0 Å². The van der Waals surface area contributed by atoms with Gasteiger partial charge in [0.2, 0.25) is 0 Å². The number of aromatic amines is 1. The average Bonchev–Trinajstić information content (AvgIpc) is 1.85. The molecule has 1 aliphatic rings. The molecule has 0 aliphatic carbocycles. The van der Waals surface area contributed by atoms with Crippen LogP contribution in [-0.2, 0) is 6.61 Å². The summed E-state index contributed by atoms with van der Waals surface area (Å²) in [4.78, 5) is 0. The Kier molecular flexibility index (Phi) is 0.334. The monoisotopic (exact) mass is 97.0 g/mol. The van der Waals surface area contributed by atoms with E-state index >= 15 is 0 Å². The number of ether oxygens (including phenoxy) is 1. The number of hydrogen-bond donors (Lipinski definition) is 1. The van der Waals surface area contributed by atoms with Crippen LogP contribution in [0, 0.1) is 0 Å². The fourth-order valence-electron chi connectivity index (χ4n) is 0.509. The van der Waals surface area contributed by atoms with Gasteiger partial charge in [-0.05, 0) is 0 Å². The van der Waals surface area contributed by atoms with Crippen LogP contribution in [0.3, 0.4) is 0 Å². The fourth-order valence-corrected chi connectivity index (χ4v) is 0.509. The largest absolute Gasteiger partial charge is 0.468 e. The number of nitrogens with one attached hydrogen (secondary N) is 1. The molecule has 1 N–H and O–H groups in total. The molecule has 1 aromatic heterocycles. The molecule has 0 saturated heterocycles. The van der Waals surface area contributed by atoms with Crippen LogP contribution in [-0.4, -0.2) is 15.4 Å². The van der Waals surface area contributed by atoms with Gasteiger partial charge < -0.3 is 4.74 Å². The molecule has 2 rings (SSSR count). The van der Waals surface area contributed by atoms with Gasteiger partial charge in [0.1, 0.15) is 6.61 Å². The molecule has 4 nitrogen and oxygen atoms in total. The topological polar surface area (TPSA) is 50.8 Å². The second-order valence-electron chi connectivity index (χ2n) is 1.36. The molecule has 0 atom stereocenters. The maximum absolute atomic E-state index is 4.81. The Balaban J connectivity index is 2.69. The molecule has 0 radical (unpaired) electrons. The summed E-state index contributed by atoms with van der Waals surface area (Å²) in [5.74, 6) is 0.653. The van der Waals surface area contributed by atoms with Gasteiger partial charge in [0, 0.05) is 0 Å². The number of aromatic nitrogens is 3. The lowest BCUT2D eigenvalue weighted by Gasteiger charge is -2.08. The van der Waals surface area contributed by atoms with Crippen molar-refractivity contribution >= 4 is 0 Å². The predicted octanol–water partition coefficient (Wildman–Crippen LogP) is -0.303. The van der Waals surface area contributed by atoms with E-state index in [1.54, 1.807) is 0 Å². The summed E-state index contributed by atoms with van der Waals surface area (Å²) in [6.07, 6.45) is 0. The average molecular weight is 97.1 g/mol. The number of rotatable bonds is 0. The highest BCUT2D eigenvalue weighted by Gasteiger charge is 2.18. The van der Waals surface area contributed by atoms with E-state index in [0.29, 0.717) is 12.5 Å². The fraction of sp³-hybridized carbons (Fsp3) is 0.333. The van der Waals surface area contributed by atoms with E-state index in [1.807, 2.05) is 0 Å². The Hall–Kier alpha value is -1.06. The third-order valence-corrected chi connectivity index (χ3v) is 0.929. The van der Waals surface area contributed by atoms with Crippen LogP contribution in [0.5, 0.6) is 5.88 Å². The van der Waals surface area contributed by atoms with Crippen molar-refractivity contribution in [2.45, 2.75) is 6.61 Å². The van der Waals surface area contributed by atoms with Gasteiger partial charge >= 0.3 is 0 Å². The lowest BCUT2D eigenvalue weighted by atomic mass is 10.4. The van der Waals surface area contributed by atoms with Gasteiger partial charge in [-0.2, -0.15) is 10.3 Å². The van der Waals surface area contributed by atoms with Crippen molar-refractivity contribution < 1.29 is 4.74 Å². The number of hydrogen-bond acceptors (Lipinski definition) is 3. The first-order valence-electron chi connectivity index (χ1n) is 1.99. The molecule has 0 aromatic carbocycles. The quantitative estimate of drug-likeness (QED) is 0.483. The normalized spacial score (nSPS) is 14.3. The molecule has 0 amide bonds. The van der Waals surface area contributed by atoms with Crippen molar-refractivity contribution in [1.82, 2.24) is 15.4 Å². The molecular formula is C3H3N3O. The van der Waals surface area contributed by atoms with Crippen molar-refractivity contribution in [2.75, 3.05) is 0 Å². The van der Waals surface area contributed by atoms with Crippen molar-refractivity contribution in [2.24, 2.45) is 0 Å². The summed E-state index contributed by atoms with van der Waals surface area (Å²) in [6.45, 7) is 0.617. The lowest BCUT2D eigenvalue weighted by Crippen LogP contribution is -2.07. The molecule has 4 heteroatoms. The number of H-pyrrole nitrogens is 1. The molecule has 36 valence electrons. The molecule has 2 heterocycles. The van der Waals surface area contributed by atoms with Crippen LogP contribution >= 0.6 is 0 Å². The van der Waals surface area contributed by atoms with Gasteiger partial charge in [-0.1, -0.05) is 0 Å². The molecule has 0 saturated carbocycles. The summed E-state index contributed by atoms with van der Waals surface area (Å²) >= 11 is 0. The molecule has 0 unspecified atom stereocenters. The maximum atomic E-state index is 4.81. The van der Waals surface area contributed by atoms with E-state index in [2.05, 4.69) is 15.4 Å². The Morgan fingerprint density at radius 3 is 2.86 bits per heavy atom. The predicted molar refractivity (Wildman–Crippen MR) is 20.7 cm³/mol. The molecule has 0 spiro atoms. The highest BCUT2D eigenvalue weighted by molar-refractivity contribution is 5.21. The number of fused-ring (bicyclic) bond motifs is 1. The maximum Gasteiger partial charge on any atom is 0.260 e. The third-order valence-electron chi connectivity index (χ3n) is 0.929. The SMILES string of the molecule is C1Oc2n[nH]nc21. The smallest absolute Gasteiger partial charge is 0.260 e. The Labute approximate surface area is 39.5 Å². The highest BCUT2D eigenvalue weighted by Crippen LogP contribution is 2.21. The first kappa shape index (κ1) is 3.01. The van der Waals surface area contributed by atoms with Crippen LogP contribution in [0.4, 0.5) is 0 Å². The van der Waals surface area contributed by atoms with Gasteiger partial charge in [0.05, 0.1) is 0 Å². The van der Waals surface area contributed by atoms with E-state index < -0.39 is 0 Å². The summed E-state index contributed by atoms with van der Waals surface area (Å²) in [5, 5.41) is 9.82. The van der Waals surface area contributed by atoms with Crippen molar-refractivity contribution in [3.05, 3.63) is 5.69 Å². The second-order valence-corrected chi connectivity index (χ2v) is 1.36. The van der Waals surface area contributed by atoms with Gasteiger partial charge in [0.25, 0.3) is 5.88 Å². The summed E-state index contributed by atoms with van der Waals surface area (Å²) in [5.41, 5.74) is 0.931. The Bertz CT molecular complexity index is 164. The third kappa shape index (κ3) is 0.220. The first-order chi connectivity index (χ1) is 3.47. The zero-order chi connectivity index (χ0) is 4.69. The molecule has 0 fully saturated rings. The van der Waals surface area contributed by atoms with E-state index in [9.17, 15) is 0 Å².